The second-order valence-electron chi connectivity index (χ2n) is 11.3. The van der Waals surface area contributed by atoms with Gasteiger partial charge in [0.25, 0.3) is 0 Å². The summed E-state index contributed by atoms with van der Waals surface area (Å²) in [7, 11) is 0. The van der Waals surface area contributed by atoms with Crippen molar-refractivity contribution in [1.29, 1.82) is 0 Å². The monoisotopic (exact) mass is 565 g/mol. The van der Waals surface area contributed by atoms with Gasteiger partial charge in [0.2, 0.25) is 11.9 Å². The highest BCUT2D eigenvalue weighted by molar-refractivity contribution is 5.87. The van der Waals surface area contributed by atoms with E-state index >= 15 is 0 Å². The summed E-state index contributed by atoms with van der Waals surface area (Å²) in [6, 6.07) is 12.8. The third kappa shape index (κ3) is 6.23. The molecule has 5 rings (SSSR count). The Hall–Kier alpha value is -4.28. The molecule has 0 saturated carbocycles. The first-order chi connectivity index (χ1) is 19.6. The zero-order valence-electron chi connectivity index (χ0n) is 23.2. The molecule has 1 aromatic heterocycles. The smallest absolute Gasteiger partial charge is 0.408 e. The van der Waals surface area contributed by atoms with Crippen LogP contribution in [0, 0.1) is 17.0 Å². The number of amides is 2. The molecular formula is C30H33F2N5O4. The predicted octanol–water partition coefficient (Wildman–Crippen LogP) is 4.33. The first-order valence-corrected chi connectivity index (χ1v) is 13.5. The molecule has 0 unspecified atom stereocenters. The molecule has 0 bridgehead atoms. The summed E-state index contributed by atoms with van der Waals surface area (Å²) < 4.78 is 39.2. The Morgan fingerprint density at radius 1 is 1.05 bits per heavy atom. The summed E-state index contributed by atoms with van der Waals surface area (Å²) in [5.74, 6) is -1.64. The molecule has 9 nitrogen and oxygen atoms in total. The number of carbonyl (C=O) groups excluding carboxylic acids is 2. The lowest BCUT2D eigenvalue weighted by atomic mass is 9.85. The maximum absolute atomic E-state index is 14.1. The number of rotatable bonds is 7. The molecule has 1 N–H and O–H groups in total. The van der Waals surface area contributed by atoms with Crippen LogP contribution in [0.15, 0.2) is 67.0 Å². The number of hydrogen-bond donors (Lipinski definition) is 1. The van der Waals surface area contributed by atoms with E-state index in [1.807, 2.05) is 56.0 Å². The van der Waals surface area contributed by atoms with Crippen LogP contribution in [0.25, 0.3) is 0 Å². The van der Waals surface area contributed by atoms with Crippen molar-refractivity contribution in [1.82, 2.24) is 20.2 Å². The fraction of sp³-hybridized carbons (Fsp3) is 0.400. The quantitative estimate of drug-likeness (QED) is 0.456. The number of carbonyl (C=O) groups is 2. The van der Waals surface area contributed by atoms with Crippen LogP contribution in [-0.4, -0.2) is 64.2 Å². The Kier molecular flexibility index (Phi) is 8.05. The SMILES string of the molecule is CC(C)(C)[C@H](NC(=O)OCc1ccccc1)C(=O)N1CC[C@@H]2[C@H]1[C@@H](Oc1ccc(F)c(F)c1)CN2c1ncccn1. The Morgan fingerprint density at radius 3 is 2.46 bits per heavy atom. The molecule has 4 atom stereocenters. The molecule has 11 heteroatoms. The number of aromatic nitrogens is 2. The molecule has 3 aromatic rings. The maximum Gasteiger partial charge on any atom is 0.408 e. The highest BCUT2D eigenvalue weighted by Crippen LogP contribution is 2.37. The summed E-state index contributed by atoms with van der Waals surface area (Å²) in [4.78, 5) is 39.4. The first-order valence-electron chi connectivity index (χ1n) is 13.5. The number of halogens is 2. The van der Waals surface area contributed by atoms with Gasteiger partial charge in [0.05, 0.1) is 18.6 Å². The Balaban J connectivity index is 1.38. The lowest BCUT2D eigenvalue weighted by Gasteiger charge is -2.36. The average molecular weight is 566 g/mol. The minimum atomic E-state index is -1.02. The van der Waals surface area contributed by atoms with Gasteiger partial charge in [-0.1, -0.05) is 51.1 Å². The normalized spacial score (nSPS) is 20.9. The number of nitrogens with one attached hydrogen (secondary N) is 1. The van der Waals surface area contributed by atoms with Crippen LogP contribution in [0.5, 0.6) is 5.75 Å². The summed E-state index contributed by atoms with van der Waals surface area (Å²) in [6.07, 6.45) is 2.60. The van der Waals surface area contributed by atoms with Crippen molar-refractivity contribution in [3.63, 3.8) is 0 Å². The van der Waals surface area contributed by atoms with E-state index in [1.54, 1.807) is 23.4 Å². The number of fused-ring (bicyclic) bond motifs is 1. The van der Waals surface area contributed by atoms with Crippen LogP contribution in [0.3, 0.4) is 0 Å². The minimum Gasteiger partial charge on any atom is -0.486 e. The highest BCUT2D eigenvalue weighted by Gasteiger charge is 2.54. The zero-order chi connectivity index (χ0) is 29.1. The van der Waals surface area contributed by atoms with Crippen LogP contribution < -0.4 is 15.0 Å². The fourth-order valence-corrected chi connectivity index (χ4v) is 5.48. The van der Waals surface area contributed by atoms with Gasteiger partial charge in [-0.15, -0.1) is 0 Å². The van der Waals surface area contributed by atoms with Crippen molar-refractivity contribution < 1.29 is 27.8 Å². The van der Waals surface area contributed by atoms with E-state index in [4.69, 9.17) is 9.47 Å². The summed E-state index contributed by atoms with van der Waals surface area (Å²) in [6.45, 7) is 6.41. The highest BCUT2D eigenvalue weighted by atomic mass is 19.2. The van der Waals surface area contributed by atoms with E-state index in [0.29, 0.717) is 25.5 Å². The largest absolute Gasteiger partial charge is 0.486 e. The van der Waals surface area contributed by atoms with Gasteiger partial charge in [0.1, 0.15) is 24.5 Å². The second kappa shape index (κ2) is 11.7. The summed E-state index contributed by atoms with van der Waals surface area (Å²) in [5, 5.41) is 2.78. The second-order valence-corrected chi connectivity index (χ2v) is 11.3. The third-order valence-corrected chi connectivity index (χ3v) is 7.44. The lowest BCUT2D eigenvalue weighted by molar-refractivity contribution is -0.138. The molecule has 2 saturated heterocycles. The molecule has 3 heterocycles. The van der Waals surface area contributed by atoms with Crippen LogP contribution in [0.2, 0.25) is 0 Å². The van der Waals surface area contributed by atoms with Gasteiger partial charge < -0.3 is 24.6 Å². The summed E-state index contributed by atoms with van der Waals surface area (Å²) >= 11 is 0. The number of likely N-dealkylation sites (tertiary alicyclic amines) is 1. The molecular weight excluding hydrogens is 532 g/mol. The van der Waals surface area contributed by atoms with Crippen molar-refractivity contribution >= 4 is 17.9 Å². The predicted molar refractivity (Wildman–Crippen MR) is 147 cm³/mol. The van der Waals surface area contributed by atoms with E-state index in [2.05, 4.69) is 15.3 Å². The van der Waals surface area contributed by atoms with Crippen LogP contribution >= 0.6 is 0 Å². The fourth-order valence-electron chi connectivity index (χ4n) is 5.48. The minimum absolute atomic E-state index is 0.0717. The molecule has 2 aliphatic heterocycles. The zero-order valence-corrected chi connectivity index (χ0v) is 23.2. The number of anilines is 1. The molecule has 0 aliphatic carbocycles. The molecule has 2 aromatic carbocycles. The van der Waals surface area contributed by atoms with Crippen LogP contribution in [0.4, 0.5) is 19.5 Å². The Morgan fingerprint density at radius 2 is 1.78 bits per heavy atom. The van der Waals surface area contributed by atoms with Gasteiger partial charge in [0, 0.05) is 25.0 Å². The number of hydrogen-bond acceptors (Lipinski definition) is 7. The molecule has 0 radical (unpaired) electrons. The van der Waals surface area contributed by atoms with Gasteiger partial charge >= 0.3 is 6.09 Å². The van der Waals surface area contributed by atoms with E-state index in [9.17, 15) is 18.4 Å². The van der Waals surface area contributed by atoms with Crippen LogP contribution in [0.1, 0.15) is 32.8 Å². The standard InChI is InChI=1S/C30H33F2N5O4/c1-30(2,3)26(35-29(39)40-18-19-8-5-4-6-9-19)27(38)36-15-12-23-25(36)24(17-37(23)28-33-13-7-14-34-28)41-20-10-11-21(31)22(32)16-20/h4-11,13-14,16,23-26H,12,15,17-18H2,1-3H3,(H,35,39)/t23-,24+,25+,26-/m1/s1. The maximum atomic E-state index is 14.1. The van der Waals surface area contributed by atoms with Crippen LogP contribution in [-0.2, 0) is 16.1 Å². The molecule has 2 amide bonds. The van der Waals surface area contributed by atoms with E-state index < -0.39 is 41.3 Å². The molecule has 0 spiro atoms. The van der Waals surface area contributed by atoms with E-state index in [-0.39, 0.29) is 24.3 Å². The van der Waals surface area contributed by atoms with Gasteiger partial charge in [-0.05, 0) is 35.6 Å². The number of benzene rings is 2. The molecule has 2 aliphatic rings. The van der Waals surface area contributed by atoms with Crippen molar-refractivity contribution in [3.8, 4) is 5.75 Å². The molecule has 216 valence electrons. The topological polar surface area (TPSA) is 96.9 Å². The van der Waals surface area contributed by atoms with Crippen molar-refractivity contribution in [2.45, 2.75) is 58.0 Å². The average Bonchev–Trinajstić information content (AvgIpc) is 3.54. The number of ether oxygens (including phenoxy) is 2. The molecule has 2 fully saturated rings. The summed E-state index contributed by atoms with van der Waals surface area (Å²) in [5.41, 5.74) is 0.188. The first kappa shape index (κ1) is 28.3. The van der Waals surface area contributed by atoms with Gasteiger partial charge in [-0.3, -0.25) is 4.79 Å². The van der Waals surface area contributed by atoms with E-state index in [0.717, 1.165) is 17.7 Å². The van der Waals surface area contributed by atoms with Crippen molar-refractivity contribution in [2.24, 2.45) is 5.41 Å². The van der Waals surface area contributed by atoms with Crippen molar-refractivity contribution in [2.75, 3.05) is 18.0 Å². The number of alkyl carbamates (subject to hydrolysis) is 1. The Bertz CT molecular complexity index is 1370. The lowest BCUT2D eigenvalue weighted by Crippen LogP contribution is -2.58. The Labute approximate surface area is 237 Å². The van der Waals surface area contributed by atoms with Gasteiger partial charge in [-0.2, -0.15) is 0 Å². The third-order valence-electron chi connectivity index (χ3n) is 7.44. The van der Waals surface area contributed by atoms with E-state index in [1.165, 1.54) is 6.07 Å². The molecule has 41 heavy (non-hydrogen) atoms. The van der Waals surface area contributed by atoms with Gasteiger partial charge in [-0.25, -0.2) is 23.5 Å². The number of nitrogens with zero attached hydrogens (tertiary/aromatic N) is 4. The van der Waals surface area contributed by atoms with Gasteiger partial charge in [0.15, 0.2) is 11.6 Å². The van der Waals surface area contributed by atoms with Crippen molar-refractivity contribution in [3.05, 3.63) is 84.2 Å².